The molecule has 16 heavy (non-hydrogen) atoms. The second kappa shape index (κ2) is 4.72. The van der Waals surface area contributed by atoms with Gasteiger partial charge in [0.05, 0.1) is 13.3 Å². The fraction of sp³-hybridized carbons (Fsp3) is 0.167. The summed E-state index contributed by atoms with van der Waals surface area (Å²) in [5, 5.41) is 0. The number of nitrogens with two attached hydrogens (primary N) is 1. The summed E-state index contributed by atoms with van der Waals surface area (Å²) in [5.74, 6) is 0.739. The lowest BCUT2D eigenvalue weighted by Gasteiger charge is -2.10. The molecule has 0 amide bonds. The van der Waals surface area contributed by atoms with Crippen molar-refractivity contribution in [1.29, 1.82) is 0 Å². The molecule has 2 aromatic rings. The van der Waals surface area contributed by atoms with E-state index in [-0.39, 0.29) is 0 Å². The molecule has 0 atom stereocenters. The maximum atomic E-state index is 5.68. The van der Waals surface area contributed by atoms with Crippen LogP contribution in [0.5, 0.6) is 5.75 Å². The molecule has 4 heteroatoms. The zero-order valence-corrected chi connectivity index (χ0v) is 9.05. The van der Waals surface area contributed by atoms with Crippen molar-refractivity contribution >= 4 is 0 Å². The Morgan fingerprint density at radius 2 is 1.81 bits per heavy atom. The Kier molecular flexibility index (Phi) is 3.12. The monoisotopic (exact) mass is 215 g/mol. The lowest BCUT2D eigenvalue weighted by atomic mass is 10.0. The molecule has 0 fully saturated rings. The largest absolute Gasteiger partial charge is 0.494 e. The molecular formula is C12H13N3O. The fourth-order valence-electron chi connectivity index (χ4n) is 1.62. The minimum Gasteiger partial charge on any atom is -0.494 e. The van der Waals surface area contributed by atoms with Crippen molar-refractivity contribution in [3.05, 3.63) is 42.5 Å². The minimum absolute atomic E-state index is 0.453. The molecule has 0 radical (unpaired) electrons. The molecule has 2 aromatic heterocycles. The summed E-state index contributed by atoms with van der Waals surface area (Å²) in [4.78, 5) is 8.09. The normalized spacial score (nSPS) is 10.1. The van der Waals surface area contributed by atoms with E-state index < -0.39 is 0 Å². The molecule has 0 aromatic carbocycles. The molecule has 0 aliphatic rings. The Morgan fingerprint density at radius 1 is 1.12 bits per heavy atom. The number of pyridine rings is 2. The predicted molar refractivity (Wildman–Crippen MR) is 61.9 cm³/mol. The number of hydrogen-bond acceptors (Lipinski definition) is 4. The van der Waals surface area contributed by atoms with E-state index in [1.54, 1.807) is 31.9 Å². The van der Waals surface area contributed by atoms with E-state index in [2.05, 4.69) is 9.97 Å². The predicted octanol–water partition coefficient (Wildman–Crippen LogP) is 1.61. The van der Waals surface area contributed by atoms with Crippen molar-refractivity contribution in [3.8, 4) is 16.9 Å². The van der Waals surface area contributed by atoms with Crippen molar-refractivity contribution in [2.24, 2.45) is 5.73 Å². The van der Waals surface area contributed by atoms with Gasteiger partial charge in [0.2, 0.25) is 0 Å². The summed E-state index contributed by atoms with van der Waals surface area (Å²) in [6.45, 7) is 0.453. The van der Waals surface area contributed by atoms with Crippen LogP contribution in [0.1, 0.15) is 5.56 Å². The van der Waals surface area contributed by atoms with Gasteiger partial charge < -0.3 is 10.5 Å². The Morgan fingerprint density at radius 3 is 2.50 bits per heavy atom. The first-order valence-corrected chi connectivity index (χ1v) is 4.98. The maximum Gasteiger partial charge on any atom is 0.144 e. The molecule has 82 valence electrons. The lowest BCUT2D eigenvalue weighted by molar-refractivity contribution is 0.414. The van der Waals surface area contributed by atoms with Crippen LogP contribution >= 0.6 is 0 Å². The van der Waals surface area contributed by atoms with Crippen molar-refractivity contribution in [3.63, 3.8) is 0 Å². The van der Waals surface area contributed by atoms with Crippen molar-refractivity contribution in [2.75, 3.05) is 7.11 Å². The Hall–Kier alpha value is -1.94. The number of nitrogens with zero attached hydrogens (tertiary/aromatic N) is 2. The van der Waals surface area contributed by atoms with E-state index in [1.165, 1.54) is 0 Å². The summed E-state index contributed by atoms with van der Waals surface area (Å²) >= 11 is 0. The first kappa shape index (κ1) is 10.6. The SMILES string of the molecule is COc1cnccc1-c1ccncc1CN. The van der Waals surface area contributed by atoms with Crippen LogP contribution in [-0.2, 0) is 6.54 Å². The van der Waals surface area contributed by atoms with Crippen molar-refractivity contribution < 1.29 is 4.74 Å². The van der Waals surface area contributed by atoms with Gasteiger partial charge >= 0.3 is 0 Å². The van der Waals surface area contributed by atoms with Crippen LogP contribution in [0.2, 0.25) is 0 Å². The quantitative estimate of drug-likeness (QED) is 0.845. The standard InChI is InChI=1S/C12H13N3O/c1-16-12-8-15-5-3-11(12)10-2-4-14-7-9(10)6-13/h2-5,7-8H,6,13H2,1H3. The third kappa shape index (κ3) is 1.87. The molecule has 0 bridgehead atoms. The van der Waals surface area contributed by atoms with E-state index in [4.69, 9.17) is 10.5 Å². The summed E-state index contributed by atoms with van der Waals surface area (Å²) in [7, 11) is 1.63. The third-order valence-electron chi connectivity index (χ3n) is 2.42. The molecule has 0 spiro atoms. The number of rotatable bonds is 3. The van der Waals surface area contributed by atoms with Gasteiger partial charge in [-0.25, -0.2) is 0 Å². The van der Waals surface area contributed by atoms with Gasteiger partial charge in [0.1, 0.15) is 5.75 Å². The van der Waals surface area contributed by atoms with Crippen LogP contribution < -0.4 is 10.5 Å². The topological polar surface area (TPSA) is 61.0 Å². The molecular weight excluding hydrogens is 202 g/mol. The van der Waals surface area contributed by atoms with Crippen molar-refractivity contribution in [1.82, 2.24) is 9.97 Å². The Bertz CT molecular complexity index is 440. The second-order valence-electron chi connectivity index (χ2n) is 3.31. The molecule has 0 aliphatic carbocycles. The van der Waals surface area contributed by atoms with Crippen LogP contribution in [0.3, 0.4) is 0 Å². The highest BCUT2D eigenvalue weighted by molar-refractivity contribution is 5.72. The van der Waals surface area contributed by atoms with Gasteiger partial charge in [0.25, 0.3) is 0 Å². The van der Waals surface area contributed by atoms with Crippen LogP contribution in [-0.4, -0.2) is 17.1 Å². The summed E-state index contributed by atoms with van der Waals surface area (Å²) < 4.78 is 5.28. The van der Waals surface area contributed by atoms with Gasteiger partial charge in [-0.2, -0.15) is 0 Å². The highest BCUT2D eigenvalue weighted by atomic mass is 16.5. The number of methoxy groups -OCH3 is 1. The molecule has 2 rings (SSSR count). The zero-order valence-electron chi connectivity index (χ0n) is 9.05. The summed E-state index contributed by atoms with van der Waals surface area (Å²) in [6, 6.07) is 3.84. The van der Waals surface area contributed by atoms with Crippen LogP contribution in [0.4, 0.5) is 0 Å². The van der Waals surface area contributed by atoms with Crippen LogP contribution in [0.25, 0.3) is 11.1 Å². The number of ether oxygens (including phenoxy) is 1. The van der Waals surface area contributed by atoms with Gasteiger partial charge in [-0.3, -0.25) is 9.97 Å². The Labute approximate surface area is 94.1 Å². The highest BCUT2D eigenvalue weighted by Gasteiger charge is 2.08. The zero-order chi connectivity index (χ0) is 11.4. The van der Waals surface area contributed by atoms with E-state index in [0.29, 0.717) is 6.54 Å². The molecule has 0 aliphatic heterocycles. The van der Waals surface area contributed by atoms with Gasteiger partial charge in [-0.15, -0.1) is 0 Å². The van der Waals surface area contributed by atoms with E-state index in [1.807, 2.05) is 12.1 Å². The minimum atomic E-state index is 0.453. The third-order valence-corrected chi connectivity index (χ3v) is 2.42. The van der Waals surface area contributed by atoms with E-state index in [9.17, 15) is 0 Å². The van der Waals surface area contributed by atoms with Crippen LogP contribution in [0, 0.1) is 0 Å². The fourth-order valence-corrected chi connectivity index (χ4v) is 1.62. The van der Waals surface area contributed by atoms with E-state index in [0.717, 1.165) is 22.4 Å². The molecule has 0 saturated heterocycles. The number of hydrogen-bond donors (Lipinski definition) is 1. The Balaban J connectivity index is 2.58. The second-order valence-corrected chi connectivity index (χ2v) is 3.31. The summed E-state index contributed by atoms with van der Waals surface area (Å²) in [6.07, 6.45) is 6.94. The van der Waals surface area contributed by atoms with Crippen LogP contribution in [0.15, 0.2) is 36.9 Å². The average molecular weight is 215 g/mol. The first-order chi connectivity index (χ1) is 7.86. The molecule has 0 saturated carbocycles. The highest BCUT2D eigenvalue weighted by Crippen LogP contribution is 2.30. The number of aromatic nitrogens is 2. The summed E-state index contributed by atoms with van der Waals surface area (Å²) in [5.41, 5.74) is 8.70. The van der Waals surface area contributed by atoms with Gasteiger partial charge in [0, 0.05) is 30.7 Å². The van der Waals surface area contributed by atoms with Gasteiger partial charge in [0.15, 0.2) is 0 Å². The molecule has 4 nitrogen and oxygen atoms in total. The smallest absolute Gasteiger partial charge is 0.144 e. The van der Waals surface area contributed by atoms with E-state index >= 15 is 0 Å². The van der Waals surface area contributed by atoms with Gasteiger partial charge in [-0.1, -0.05) is 0 Å². The first-order valence-electron chi connectivity index (χ1n) is 4.98. The van der Waals surface area contributed by atoms with Crippen molar-refractivity contribution in [2.45, 2.75) is 6.54 Å². The molecule has 2 heterocycles. The average Bonchev–Trinajstić information content (AvgIpc) is 2.38. The maximum absolute atomic E-state index is 5.68. The lowest BCUT2D eigenvalue weighted by Crippen LogP contribution is -2.00. The molecule has 0 unspecified atom stereocenters. The molecule has 2 N–H and O–H groups in total. The van der Waals surface area contributed by atoms with Gasteiger partial charge in [-0.05, 0) is 23.3 Å².